The standard InChI is InChI=1S/C22H22ClN5O3S3/c1-13-5-6-16(23)20-19(13)25-22(33-20)28-17(12-14(2)26-28)24-21(29)15-7-9-27(10-8-15)34(30,31)18-4-3-11-32-18/h3-6,11-12,15H,7-10H2,1-2H3,(H,24,29). The summed E-state index contributed by atoms with van der Waals surface area (Å²) in [6.07, 6.45) is 0.916. The Balaban J connectivity index is 1.32. The van der Waals surface area contributed by atoms with Crippen molar-refractivity contribution in [3.63, 3.8) is 0 Å². The normalized spacial score (nSPS) is 15.7. The molecule has 0 saturated carbocycles. The van der Waals surface area contributed by atoms with Crippen LogP contribution >= 0.6 is 34.3 Å². The Bertz CT molecular complexity index is 1430. The number of nitrogens with zero attached hydrogens (tertiary/aromatic N) is 4. The van der Waals surface area contributed by atoms with Crippen LogP contribution in [0.2, 0.25) is 5.02 Å². The number of nitrogens with one attached hydrogen (secondary N) is 1. The van der Waals surface area contributed by atoms with Gasteiger partial charge in [-0.1, -0.05) is 35.1 Å². The van der Waals surface area contributed by atoms with E-state index in [0.717, 1.165) is 21.5 Å². The van der Waals surface area contributed by atoms with Gasteiger partial charge in [0.15, 0.2) is 0 Å². The number of anilines is 1. The van der Waals surface area contributed by atoms with Gasteiger partial charge in [0.1, 0.15) is 10.0 Å². The van der Waals surface area contributed by atoms with E-state index in [1.165, 1.54) is 27.0 Å². The number of carbonyl (C=O) groups excluding carboxylic acids is 1. The van der Waals surface area contributed by atoms with Crippen molar-refractivity contribution in [3.05, 3.63) is 52.0 Å². The third-order valence-corrected chi connectivity index (χ3v) is 10.6. The zero-order valence-corrected chi connectivity index (χ0v) is 21.7. The average molecular weight is 536 g/mol. The van der Waals surface area contributed by atoms with E-state index >= 15 is 0 Å². The number of thiophene rings is 1. The lowest BCUT2D eigenvalue weighted by Crippen LogP contribution is -2.41. The molecular formula is C22H22ClN5O3S3. The van der Waals surface area contributed by atoms with E-state index in [0.29, 0.717) is 46.1 Å². The fourth-order valence-electron chi connectivity index (χ4n) is 4.04. The average Bonchev–Trinajstić information content (AvgIpc) is 3.56. The number of carbonyl (C=O) groups is 1. The van der Waals surface area contributed by atoms with Gasteiger partial charge in [-0.3, -0.25) is 4.79 Å². The molecule has 0 unspecified atom stereocenters. The van der Waals surface area contributed by atoms with Crippen LogP contribution in [0, 0.1) is 19.8 Å². The molecule has 8 nitrogen and oxygen atoms in total. The molecular weight excluding hydrogens is 514 g/mol. The van der Waals surface area contributed by atoms with Gasteiger partial charge < -0.3 is 5.32 Å². The van der Waals surface area contributed by atoms with Gasteiger partial charge in [-0.25, -0.2) is 13.4 Å². The molecule has 1 amide bonds. The minimum Gasteiger partial charge on any atom is -0.310 e. The van der Waals surface area contributed by atoms with Crippen LogP contribution in [0.4, 0.5) is 5.82 Å². The summed E-state index contributed by atoms with van der Waals surface area (Å²) in [6.45, 7) is 4.45. The quantitative estimate of drug-likeness (QED) is 0.394. The first-order chi connectivity index (χ1) is 16.2. The second kappa shape index (κ2) is 9.04. The Labute approximate surface area is 210 Å². The molecule has 3 aromatic heterocycles. The van der Waals surface area contributed by atoms with E-state index in [2.05, 4.69) is 10.4 Å². The first-order valence-electron chi connectivity index (χ1n) is 10.7. The summed E-state index contributed by atoms with van der Waals surface area (Å²) in [7, 11) is -3.50. The Morgan fingerprint density at radius 2 is 1.97 bits per heavy atom. The minimum atomic E-state index is -3.50. The van der Waals surface area contributed by atoms with Crippen molar-refractivity contribution >= 4 is 66.2 Å². The van der Waals surface area contributed by atoms with Gasteiger partial charge in [0.25, 0.3) is 10.0 Å². The van der Waals surface area contributed by atoms with Gasteiger partial charge in [-0.05, 0) is 49.8 Å². The fourth-order valence-corrected chi connectivity index (χ4v) is 7.94. The van der Waals surface area contributed by atoms with Crippen molar-refractivity contribution in [2.45, 2.75) is 30.9 Å². The van der Waals surface area contributed by atoms with Crippen LogP contribution in [-0.4, -0.2) is 46.5 Å². The number of sulfonamides is 1. The largest absolute Gasteiger partial charge is 0.310 e. The molecule has 0 atom stereocenters. The maximum Gasteiger partial charge on any atom is 0.252 e. The molecule has 1 aromatic carbocycles. The lowest BCUT2D eigenvalue weighted by atomic mass is 9.97. The van der Waals surface area contributed by atoms with Crippen molar-refractivity contribution in [2.75, 3.05) is 18.4 Å². The second-order valence-electron chi connectivity index (χ2n) is 8.22. The van der Waals surface area contributed by atoms with Gasteiger partial charge in [-0.15, -0.1) is 11.3 Å². The number of halogens is 1. The second-order valence-corrected chi connectivity index (χ2v) is 12.7. The number of hydrogen-bond donors (Lipinski definition) is 1. The van der Waals surface area contributed by atoms with Crippen LogP contribution in [0.5, 0.6) is 0 Å². The summed E-state index contributed by atoms with van der Waals surface area (Å²) in [5, 5.41) is 10.5. The lowest BCUT2D eigenvalue weighted by molar-refractivity contribution is -0.120. The van der Waals surface area contributed by atoms with Crippen LogP contribution in [-0.2, 0) is 14.8 Å². The summed E-state index contributed by atoms with van der Waals surface area (Å²) in [4.78, 5) is 17.8. The van der Waals surface area contributed by atoms with E-state index in [-0.39, 0.29) is 11.8 Å². The Morgan fingerprint density at radius 1 is 1.21 bits per heavy atom. The van der Waals surface area contributed by atoms with Gasteiger partial charge in [0.05, 0.1) is 20.9 Å². The third kappa shape index (κ3) is 4.27. The summed E-state index contributed by atoms with van der Waals surface area (Å²) < 4.78 is 29.8. The molecule has 4 heterocycles. The summed E-state index contributed by atoms with van der Waals surface area (Å²) >= 11 is 8.98. The fraction of sp³-hybridized carbons (Fsp3) is 0.318. The molecule has 12 heteroatoms. The number of hydrogen-bond acceptors (Lipinski definition) is 7. The number of aryl methyl sites for hydroxylation is 2. The predicted molar refractivity (Wildman–Crippen MR) is 136 cm³/mol. The van der Waals surface area contributed by atoms with Crippen LogP contribution in [0.15, 0.2) is 39.9 Å². The number of amides is 1. The van der Waals surface area contributed by atoms with Gasteiger partial charge >= 0.3 is 0 Å². The SMILES string of the molecule is Cc1cc(NC(=O)C2CCN(S(=O)(=O)c3cccs3)CC2)n(-c2nc3c(C)ccc(Cl)c3s2)n1. The molecule has 34 heavy (non-hydrogen) atoms. The highest BCUT2D eigenvalue weighted by Gasteiger charge is 2.33. The highest BCUT2D eigenvalue weighted by molar-refractivity contribution is 7.91. The van der Waals surface area contributed by atoms with Gasteiger partial charge in [0, 0.05) is 25.1 Å². The zero-order valence-electron chi connectivity index (χ0n) is 18.5. The Hall–Kier alpha value is -2.31. The molecule has 1 aliphatic rings. The highest BCUT2D eigenvalue weighted by atomic mass is 35.5. The topological polar surface area (TPSA) is 97.2 Å². The third-order valence-electron chi connectivity index (χ3n) is 5.86. The highest BCUT2D eigenvalue weighted by Crippen LogP contribution is 2.34. The smallest absolute Gasteiger partial charge is 0.252 e. The molecule has 4 aromatic rings. The predicted octanol–water partition coefficient (Wildman–Crippen LogP) is 4.85. The lowest BCUT2D eigenvalue weighted by Gasteiger charge is -2.30. The maximum atomic E-state index is 13.1. The molecule has 0 radical (unpaired) electrons. The first-order valence-corrected chi connectivity index (χ1v) is 14.2. The van der Waals surface area contributed by atoms with Crippen molar-refractivity contribution in [1.82, 2.24) is 19.1 Å². The number of piperidine rings is 1. The molecule has 1 fully saturated rings. The zero-order chi connectivity index (χ0) is 24.0. The molecule has 0 bridgehead atoms. The van der Waals surface area contributed by atoms with Crippen molar-refractivity contribution in [1.29, 1.82) is 0 Å². The first kappa shape index (κ1) is 23.4. The van der Waals surface area contributed by atoms with Gasteiger partial charge in [0.2, 0.25) is 11.0 Å². The molecule has 1 aliphatic heterocycles. The number of benzene rings is 1. The number of aromatic nitrogens is 3. The van der Waals surface area contributed by atoms with Crippen LogP contribution in [0.3, 0.4) is 0 Å². The van der Waals surface area contributed by atoms with Crippen molar-refractivity contribution in [3.8, 4) is 5.13 Å². The molecule has 1 saturated heterocycles. The molecule has 178 valence electrons. The summed E-state index contributed by atoms with van der Waals surface area (Å²) in [5.74, 6) is 0.0964. The van der Waals surface area contributed by atoms with Crippen LogP contribution < -0.4 is 5.32 Å². The molecule has 1 N–H and O–H groups in total. The molecule has 5 rings (SSSR count). The van der Waals surface area contributed by atoms with E-state index in [9.17, 15) is 13.2 Å². The molecule has 0 spiro atoms. The van der Waals surface area contributed by atoms with E-state index < -0.39 is 10.0 Å². The summed E-state index contributed by atoms with van der Waals surface area (Å²) in [5.41, 5.74) is 2.58. The summed E-state index contributed by atoms with van der Waals surface area (Å²) in [6, 6.07) is 8.91. The number of thiazole rings is 1. The minimum absolute atomic E-state index is 0.148. The Kier molecular flexibility index (Phi) is 6.23. The maximum absolute atomic E-state index is 13.1. The Morgan fingerprint density at radius 3 is 2.65 bits per heavy atom. The van der Waals surface area contributed by atoms with Crippen LogP contribution in [0.25, 0.3) is 15.3 Å². The van der Waals surface area contributed by atoms with E-state index in [4.69, 9.17) is 16.6 Å². The number of fused-ring (bicyclic) bond motifs is 1. The van der Waals surface area contributed by atoms with E-state index in [1.54, 1.807) is 28.3 Å². The van der Waals surface area contributed by atoms with E-state index in [1.807, 2.05) is 26.0 Å². The molecule has 0 aliphatic carbocycles. The monoisotopic (exact) mass is 535 g/mol. The van der Waals surface area contributed by atoms with Crippen molar-refractivity contribution in [2.24, 2.45) is 5.92 Å². The number of rotatable bonds is 5. The van der Waals surface area contributed by atoms with Crippen molar-refractivity contribution < 1.29 is 13.2 Å². The van der Waals surface area contributed by atoms with Gasteiger partial charge in [-0.2, -0.15) is 14.1 Å². The van der Waals surface area contributed by atoms with Crippen LogP contribution in [0.1, 0.15) is 24.1 Å².